The maximum absolute atomic E-state index is 12.6. The lowest BCUT2D eigenvalue weighted by Crippen LogP contribution is -2.32. The van der Waals surface area contributed by atoms with Gasteiger partial charge in [0.1, 0.15) is 0 Å². The Labute approximate surface area is 153 Å². The summed E-state index contributed by atoms with van der Waals surface area (Å²) >= 11 is 6.03. The molecule has 2 rings (SSSR count). The van der Waals surface area contributed by atoms with Crippen LogP contribution in [0, 0.1) is 6.92 Å². The standard InChI is InChI=1S/C18H21ClN2O3S/c1-4-13(3)20-18(22)14-6-5-7-16(10-14)25(23,24)21-15-9-8-12(2)17(19)11-15/h5-11,13,21H,4H2,1-3H3,(H,20,22). The Hall–Kier alpha value is -2.05. The van der Waals surface area contributed by atoms with E-state index in [1.165, 1.54) is 12.1 Å². The van der Waals surface area contributed by atoms with Gasteiger partial charge in [-0.3, -0.25) is 9.52 Å². The number of hydrogen-bond donors (Lipinski definition) is 2. The summed E-state index contributed by atoms with van der Waals surface area (Å²) in [5.41, 5.74) is 1.52. The molecule has 1 unspecified atom stereocenters. The number of nitrogens with one attached hydrogen (secondary N) is 2. The Kier molecular flexibility index (Phi) is 6.08. The number of anilines is 1. The zero-order chi connectivity index (χ0) is 18.6. The smallest absolute Gasteiger partial charge is 0.261 e. The number of amides is 1. The number of sulfonamides is 1. The summed E-state index contributed by atoms with van der Waals surface area (Å²) in [6, 6.07) is 10.9. The maximum atomic E-state index is 12.6. The van der Waals surface area contributed by atoms with Crippen LogP contribution in [0.3, 0.4) is 0 Å². The van der Waals surface area contributed by atoms with Crippen molar-refractivity contribution in [2.24, 2.45) is 0 Å². The van der Waals surface area contributed by atoms with Crippen molar-refractivity contribution in [1.82, 2.24) is 5.32 Å². The Morgan fingerprint density at radius 3 is 2.56 bits per heavy atom. The van der Waals surface area contributed by atoms with E-state index in [2.05, 4.69) is 10.0 Å². The highest BCUT2D eigenvalue weighted by atomic mass is 35.5. The fourth-order valence-corrected chi connectivity index (χ4v) is 3.36. The van der Waals surface area contributed by atoms with Crippen molar-refractivity contribution < 1.29 is 13.2 Å². The lowest BCUT2D eigenvalue weighted by atomic mass is 10.2. The summed E-state index contributed by atoms with van der Waals surface area (Å²) in [4.78, 5) is 12.2. The van der Waals surface area contributed by atoms with E-state index < -0.39 is 10.0 Å². The molecule has 2 aromatic rings. The summed E-state index contributed by atoms with van der Waals surface area (Å²) < 4.78 is 27.6. The van der Waals surface area contributed by atoms with Gasteiger partial charge in [-0.05, 0) is 56.2 Å². The van der Waals surface area contributed by atoms with Gasteiger partial charge in [0, 0.05) is 16.6 Å². The topological polar surface area (TPSA) is 75.3 Å². The van der Waals surface area contributed by atoms with Crippen molar-refractivity contribution in [3.8, 4) is 0 Å². The first kappa shape index (κ1) is 19.3. The van der Waals surface area contributed by atoms with Crippen LogP contribution in [0.4, 0.5) is 5.69 Å². The fraction of sp³-hybridized carbons (Fsp3) is 0.278. The number of carbonyl (C=O) groups excluding carboxylic acids is 1. The molecule has 2 aromatic carbocycles. The quantitative estimate of drug-likeness (QED) is 0.795. The highest BCUT2D eigenvalue weighted by Gasteiger charge is 2.17. The van der Waals surface area contributed by atoms with E-state index in [-0.39, 0.29) is 16.8 Å². The molecule has 0 aliphatic heterocycles. The third-order valence-electron chi connectivity index (χ3n) is 3.82. The van der Waals surface area contributed by atoms with Crippen LogP contribution >= 0.6 is 11.6 Å². The van der Waals surface area contributed by atoms with Gasteiger partial charge in [-0.15, -0.1) is 0 Å². The molecule has 0 bridgehead atoms. The van der Waals surface area contributed by atoms with Crippen LogP contribution in [0.2, 0.25) is 5.02 Å². The molecule has 2 N–H and O–H groups in total. The largest absolute Gasteiger partial charge is 0.350 e. The number of hydrogen-bond acceptors (Lipinski definition) is 3. The number of benzene rings is 2. The predicted molar refractivity (Wildman–Crippen MR) is 101 cm³/mol. The van der Waals surface area contributed by atoms with Crippen LogP contribution in [-0.4, -0.2) is 20.4 Å². The monoisotopic (exact) mass is 380 g/mol. The van der Waals surface area contributed by atoms with Gasteiger partial charge < -0.3 is 5.32 Å². The number of halogens is 1. The lowest BCUT2D eigenvalue weighted by Gasteiger charge is -2.13. The van der Waals surface area contributed by atoms with E-state index in [1.54, 1.807) is 30.3 Å². The molecule has 5 nitrogen and oxygen atoms in total. The van der Waals surface area contributed by atoms with Gasteiger partial charge in [0.05, 0.1) is 10.6 Å². The fourth-order valence-electron chi connectivity index (χ4n) is 2.08. The van der Waals surface area contributed by atoms with E-state index in [0.717, 1.165) is 12.0 Å². The van der Waals surface area contributed by atoms with E-state index >= 15 is 0 Å². The van der Waals surface area contributed by atoms with Gasteiger partial charge in [0.25, 0.3) is 15.9 Å². The second-order valence-electron chi connectivity index (χ2n) is 5.88. The second-order valence-corrected chi connectivity index (χ2v) is 7.97. The molecule has 0 fully saturated rings. The molecule has 134 valence electrons. The SMILES string of the molecule is CCC(C)NC(=O)c1cccc(S(=O)(=O)Nc2ccc(C)c(Cl)c2)c1. The third-order valence-corrected chi connectivity index (χ3v) is 5.61. The van der Waals surface area contributed by atoms with Crippen LogP contribution in [-0.2, 0) is 10.0 Å². The van der Waals surface area contributed by atoms with Crippen LogP contribution in [0.15, 0.2) is 47.4 Å². The van der Waals surface area contributed by atoms with Crippen LogP contribution in [0.25, 0.3) is 0 Å². The minimum Gasteiger partial charge on any atom is -0.350 e. The van der Waals surface area contributed by atoms with Crippen molar-refractivity contribution >= 4 is 33.2 Å². The van der Waals surface area contributed by atoms with Gasteiger partial charge in [-0.1, -0.05) is 30.7 Å². The molecule has 0 saturated heterocycles. The number of rotatable bonds is 6. The van der Waals surface area contributed by atoms with Crippen molar-refractivity contribution in [2.75, 3.05) is 4.72 Å². The van der Waals surface area contributed by atoms with E-state index in [0.29, 0.717) is 16.3 Å². The Morgan fingerprint density at radius 2 is 1.92 bits per heavy atom. The van der Waals surface area contributed by atoms with Gasteiger partial charge in [0.15, 0.2) is 0 Å². The molecule has 7 heteroatoms. The lowest BCUT2D eigenvalue weighted by molar-refractivity contribution is 0.0939. The first-order valence-corrected chi connectivity index (χ1v) is 9.79. The molecular weight excluding hydrogens is 360 g/mol. The first-order chi connectivity index (χ1) is 11.7. The molecule has 0 aliphatic carbocycles. The normalized spacial score (nSPS) is 12.5. The molecule has 0 heterocycles. The summed E-state index contributed by atoms with van der Waals surface area (Å²) in [5, 5.41) is 3.29. The molecule has 0 aliphatic rings. The predicted octanol–water partition coefficient (Wildman–Crippen LogP) is 3.98. The number of carbonyl (C=O) groups is 1. The maximum Gasteiger partial charge on any atom is 0.261 e. The third kappa shape index (κ3) is 4.96. The molecule has 0 aromatic heterocycles. The van der Waals surface area contributed by atoms with Crippen molar-refractivity contribution in [2.45, 2.75) is 38.1 Å². The minimum atomic E-state index is -3.82. The van der Waals surface area contributed by atoms with E-state index in [9.17, 15) is 13.2 Å². The average Bonchev–Trinajstić information content (AvgIpc) is 2.58. The summed E-state index contributed by atoms with van der Waals surface area (Å²) in [7, 11) is -3.82. The molecule has 1 amide bonds. The van der Waals surface area contributed by atoms with Crippen molar-refractivity contribution in [1.29, 1.82) is 0 Å². The minimum absolute atomic E-state index is 0.0144. The Bertz CT molecular complexity index is 882. The van der Waals surface area contributed by atoms with E-state index in [1.807, 2.05) is 20.8 Å². The summed E-state index contributed by atoms with van der Waals surface area (Å²) in [6.07, 6.45) is 0.791. The van der Waals surface area contributed by atoms with Gasteiger partial charge >= 0.3 is 0 Å². The molecule has 1 atom stereocenters. The first-order valence-electron chi connectivity index (χ1n) is 7.93. The molecule has 0 spiro atoms. The van der Waals surface area contributed by atoms with Gasteiger partial charge in [-0.2, -0.15) is 0 Å². The van der Waals surface area contributed by atoms with Crippen LogP contribution in [0.1, 0.15) is 36.2 Å². The van der Waals surface area contributed by atoms with Crippen LogP contribution < -0.4 is 10.0 Å². The highest BCUT2D eigenvalue weighted by Crippen LogP contribution is 2.23. The van der Waals surface area contributed by atoms with Crippen molar-refractivity contribution in [3.63, 3.8) is 0 Å². The highest BCUT2D eigenvalue weighted by molar-refractivity contribution is 7.92. The summed E-state index contributed by atoms with van der Waals surface area (Å²) in [6.45, 7) is 5.68. The van der Waals surface area contributed by atoms with Gasteiger partial charge in [0.2, 0.25) is 0 Å². The molecule has 25 heavy (non-hydrogen) atoms. The zero-order valence-corrected chi connectivity index (χ0v) is 15.9. The second kappa shape index (κ2) is 7.89. The van der Waals surface area contributed by atoms with Gasteiger partial charge in [-0.25, -0.2) is 8.42 Å². The number of aryl methyl sites for hydroxylation is 1. The Balaban J connectivity index is 2.26. The van der Waals surface area contributed by atoms with Crippen molar-refractivity contribution in [3.05, 3.63) is 58.6 Å². The zero-order valence-electron chi connectivity index (χ0n) is 14.3. The summed E-state index contributed by atoms with van der Waals surface area (Å²) in [5.74, 6) is -0.301. The van der Waals surface area contributed by atoms with Crippen LogP contribution in [0.5, 0.6) is 0 Å². The molecular formula is C18H21ClN2O3S. The Morgan fingerprint density at radius 1 is 1.20 bits per heavy atom. The molecule has 0 saturated carbocycles. The molecule has 0 radical (unpaired) electrons. The average molecular weight is 381 g/mol. The van der Waals surface area contributed by atoms with E-state index in [4.69, 9.17) is 11.6 Å².